The molecule has 0 radical (unpaired) electrons. The molecule has 0 fully saturated rings. The molecule has 6 heteroatoms. The molecule has 21 heavy (non-hydrogen) atoms. The number of nitrogens with one attached hydrogen (secondary N) is 1. The average Bonchev–Trinajstić information content (AvgIpc) is 3.01. The van der Waals surface area contributed by atoms with Crippen LogP contribution in [0.4, 0.5) is 14.5 Å². The maximum atomic E-state index is 12.5. The third-order valence-corrected chi connectivity index (χ3v) is 5.35. The van der Waals surface area contributed by atoms with E-state index in [9.17, 15) is 13.6 Å². The van der Waals surface area contributed by atoms with Crippen molar-refractivity contribution >= 4 is 34.7 Å². The van der Waals surface area contributed by atoms with Crippen molar-refractivity contribution in [3.8, 4) is 0 Å². The van der Waals surface area contributed by atoms with Crippen molar-refractivity contribution in [1.29, 1.82) is 0 Å². The zero-order chi connectivity index (χ0) is 14.8. The maximum Gasteiger partial charge on any atom is 0.288 e. The van der Waals surface area contributed by atoms with Crippen LogP contribution in [0.2, 0.25) is 0 Å². The normalized spacial score (nSPS) is 13.5. The molecule has 2 aromatic rings. The van der Waals surface area contributed by atoms with Gasteiger partial charge in [0.15, 0.2) is 0 Å². The van der Waals surface area contributed by atoms with Gasteiger partial charge in [-0.25, -0.2) is 0 Å². The molecular weight excluding hydrogens is 312 g/mol. The molecule has 1 aliphatic carbocycles. The molecule has 0 saturated carbocycles. The van der Waals surface area contributed by atoms with Crippen molar-refractivity contribution in [2.24, 2.45) is 0 Å². The van der Waals surface area contributed by atoms with E-state index in [1.54, 1.807) is 24.3 Å². The lowest BCUT2D eigenvalue weighted by molar-refractivity contribution is 0.103. The van der Waals surface area contributed by atoms with Crippen LogP contribution in [0.25, 0.3) is 0 Å². The summed E-state index contributed by atoms with van der Waals surface area (Å²) >= 11 is 1.94. The van der Waals surface area contributed by atoms with Crippen LogP contribution in [0.5, 0.6) is 0 Å². The van der Waals surface area contributed by atoms with Gasteiger partial charge >= 0.3 is 0 Å². The number of aryl methyl sites for hydroxylation is 2. The minimum atomic E-state index is -2.51. The van der Waals surface area contributed by atoms with E-state index in [0.717, 1.165) is 19.3 Å². The fourth-order valence-electron chi connectivity index (χ4n) is 2.39. The zero-order valence-electron chi connectivity index (χ0n) is 11.1. The Kier molecular flexibility index (Phi) is 4.26. The van der Waals surface area contributed by atoms with Crippen molar-refractivity contribution in [3.05, 3.63) is 45.6 Å². The van der Waals surface area contributed by atoms with Gasteiger partial charge in [0.1, 0.15) is 0 Å². The summed E-state index contributed by atoms with van der Waals surface area (Å²) in [5.41, 5.74) is 1.68. The SMILES string of the molecule is O=C(Nc1ccccc1SC(F)F)c1cc2c(s1)CCC2. The van der Waals surface area contributed by atoms with Crippen molar-refractivity contribution in [3.63, 3.8) is 0 Å². The highest BCUT2D eigenvalue weighted by Gasteiger charge is 2.19. The van der Waals surface area contributed by atoms with Crippen molar-refractivity contribution in [1.82, 2.24) is 0 Å². The molecule has 3 rings (SSSR count). The molecule has 2 nitrogen and oxygen atoms in total. The summed E-state index contributed by atoms with van der Waals surface area (Å²) in [6.07, 6.45) is 3.21. The van der Waals surface area contributed by atoms with E-state index in [-0.39, 0.29) is 5.91 Å². The number of amides is 1. The van der Waals surface area contributed by atoms with Gasteiger partial charge in [-0.1, -0.05) is 23.9 Å². The van der Waals surface area contributed by atoms with E-state index in [4.69, 9.17) is 0 Å². The van der Waals surface area contributed by atoms with Gasteiger partial charge in [-0.15, -0.1) is 11.3 Å². The second-order valence-corrected chi connectivity index (χ2v) is 6.91. The van der Waals surface area contributed by atoms with E-state index in [0.29, 0.717) is 27.2 Å². The van der Waals surface area contributed by atoms with Crippen LogP contribution >= 0.6 is 23.1 Å². The number of carbonyl (C=O) groups is 1. The fourth-order valence-corrected chi connectivity index (χ4v) is 4.14. The van der Waals surface area contributed by atoms with Crippen molar-refractivity contribution in [2.45, 2.75) is 29.9 Å². The van der Waals surface area contributed by atoms with Gasteiger partial charge in [-0.05, 0) is 43.0 Å². The topological polar surface area (TPSA) is 29.1 Å². The number of thioether (sulfide) groups is 1. The first-order valence-electron chi connectivity index (χ1n) is 6.60. The van der Waals surface area contributed by atoms with Crippen LogP contribution in [0.15, 0.2) is 35.2 Å². The zero-order valence-corrected chi connectivity index (χ0v) is 12.7. The Balaban J connectivity index is 1.78. The van der Waals surface area contributed by atoms with E-state index >= 15 is 0 Å². The molecule has 1 aromatic carbocycles. The van der Waals surface area contributed by atoms with Crippen molar-refractivity contribution in [2.75, 3.05) is 5.32 Å². The Morgan fingerprint density at radius 2 is 2.10 bits per heavy atom. The molecule has 0 aliphatic heterocycles. The second kappa shape index (κ2) is 6.15. The highest BCUT2D eigenvalue weighted by molar-refractivity contribution is 7.99. The first-order chi connectivity index (χ1) is 10.1. The molecular formula is C15H13F2NOS2. The number of anilines is 1. The van der Waals surface area contributed by atoms with Crippen molar-refractivity contribution < 1.29 is 13.6 Å². The molecule has 0 unspecified atom stereocenters. The minimum Gasteiger partial charge on any atom is -0.320 e. The number of fused-ring (bicyclic) bond motifs is 1. The first kappa shape index (κ1) is 14.5. The lowest BCUT2D eigenvalue weighted by Crippen LogP contribution is -2.11. The van der Waals surface area contributed by atoms with E-state index < -0.39 is 5.76 Å². The van der Waals surface area contributed by atoms with E-state index in [2.05, 4.69) is 5.32 Å². The Hall–Kier alpha value is -1.40. The summed E-state index contributed by atoms with van der Waals surface area (Å²) in [4.78, 5) is 14.6. The van der Waals surface area contributed by atoms with Crippen LogP contribution in [0, 0.1) is 0 Å². The number of hydrogen-bond acceptors (Lipinski definition) is 3. The minimum absolute atomic E-state index is 0.225. The number of halogens is 2. The monoisotopic (exact) mass is 325 g/mol. The van der Waals surface area contributed by atoms with Crippen LogP contribution in [0.3, 0.4) is 0 Å². The first-order valence-corrected chi connectivity index (χ1v) is 8.30. The van der Waals surface area contributed by atoms with Gasteiger partial charge in [-0.3, -0.25) is 4.79 Å². The third kappa shape index (κ3) is 3.27. The molecule has 0 saturated heterocycles. The molecule has 1 aliphatic rings. The largest absolute Gasteiger partial charge is 0.320 e. The Bertz CT molecular complexity index is 648. The quantitative estimate of drug-likeness (QED) is 0.818. The van der Waals surface area contributed by atoms with Gasteiger partial charge in [-0.2, -0.15) is 8.78 Å². The number of hydrogen-bond donors (Lipinski definition) is 1. The predicted molar refractivity (Wildman–Crippen MR) is 82.6 cm³/mol. The van der Waals surface area contributed by atoms with Gasteiger partial charge < -0.3 is 5.32 Å². The van der Waals surface area contributed by atoms with Gasteiger partial charge in [0, 0.05) is 9.77 Å². The average molecular weight is 325 g/mol. The lowest BCUT2D eigenvalue weighted by Gasteiger charge is -2.09. The standard InChI is InChI=1S/C15H13F2NOS2/c16-15(17)21-12-6-2-1-5-10(12)18-14(19)13-8-9-4-3-7-11(9)20-13/h1-2,5-6,8,15H,3-4,7H2,(H,18,19). The Labute approximate surface area is 129 Å². The number of thiophene rings is 1. The van der Waals surface area contributed by atoms with Crippen LogP contribution in [0.1, 0.15) is 26.5 Å². The number of benzene rings is 1. The fraction of sp³-hybridized carbons (Fsp3) is 0.267. The molecule has 0 bridgehead atoms. The summed E-state index contributed by atoms with van der Waals surface area (Å²) in [6.45, 7) is 0. The second-order valence-electron chi connectivity index (χ2n) is 4.74. The maximum absolute atomic E-state index is 12.5. The van der Waals surface area contributed by atoms with Crippen LogP contribution in [-0.4, -0.2) is 11.7 Å². The van der Waals surface area contributed by atoms with Crippen LogP contribution < -0.4 is 5.32 Å². The molecule has 1 amide bonds. The number of para-hydroxylation sites is 1. The summed E-state index contributed by atoms with van der Waals surface area (Å²) in [6, 6.07) is 8.55. The number of carbonyl (C=O) groups excluding carboxylic acids is 1. The predicted octanol–water partition coefficient (Wildman–Crippen LogP) is 4.80. The van der Waals surface area contributed by atoms with E-state index in [1.807, 2.05) is 6.07 Å². The molecule has 0 spiro atoms. The Morgan fingerprint density at radius 1 is 1.29 bits per heavy atom. The summed E-state index contributed by atoms with van der Waals surface area (Å²) < 4.78 is 25.0. The molecule has 1 heterocycles. The smallest absolute Gasteiger partial charge is 0.288 e. The molecule has 1 aromatic heterocycles. The Morgan fingerprint density at radius 3 is 2.86 bits per heavy atom. The summed E-state index contributed by atoms with van der Waals surface area (Å²) in [5.74, 6) is -2.73. The highest BCUT2D eigenvalue weighted by Crippen LogP contribution is 2.34. The van der Waals surface area contributed by atoms with E-state index in [1.165, 1.54) is 21.8 Å². The summed E-state index contributed by atoms with van der Waals surface area (Å²) in [7, 11) is 0. The third-order valence-electron chi connectivity index (χ3n) is 3.32. The molecule has 1 N–H and O–H groups in total. The highest BCUT2D eigenvalue weighted by atomic mass is 32.2. The van der Waals surface area contributed by atoms with Gasteiger partial charge in [0.2, 0.25) is 0 Å². The molecule has 110 valence electrons. The van der Waals surface area contributed by atoms with Gasteiger partial charge in [0.05, 0.1) is 10.6 Å². The summed E-state index contributed by atoms with van der Waals surface area (Å²) in [5, 5.41) is 2.74. The molecule has 0 atom stereocenters. The van der Waals surface area contributed by atoms with Crippen LogP contribution in [-0.2, 0) is 12.8 Å². The number of alkyl halides is 2. The number of rotatable bonds is 4. The van der Waals surface area contributed by atoms with Gasteiger partial charge in [0.25, 0.3) is 11.7 Å². The lowest BCUT2D eigenvalue weighted by atomic mass is 10.2.